The average molecular weight is 611 g/mol. The number of hydrogen-bond acceptors (Lipinski definition) is 4. The van der Waals surface area contributed by atoms with E-state index >= 15 is 0 Å². The monoisotopic (exact) mass is 612 g/mol. The van der Waals surface area contributed by atoms with Gasteiger partial charge in [0.15, 0.2) is 0 Å². The maximum atomic E-state index is 8.76. The van der Waals surface area contributed by atoms with Crippen molar-refractivity contribution in [3.05, 3.63) is 119 Å². The minimum atomic E-state index is 0. The smallest absolute Gasteiger partial charge is 0.115 e. The molecule has 0 aliphatic carbocycles. The molecule has 0 atom stereocenters. The molecule has 0 amide bonds. The van der Waals surface area contributed by atoms with Crippen LogP contribution in [0.25, 0.3) is 0 Å². The van der Waals surface area contributed by atoms with Gasteiger partial charge in [0.1, 0.15) is 23.0 Å². The van der Waals surface area contributed by atoms with E-state index in [1.165, 1.54) is 22.3 Å². The van der Waals surface area contributed by atoms with E-state index in [2.05, 4.69) is 0 Å². The molecule has 4 N–H and O–H groups in total. The van der Waals surface area contributed by atoms with Crippen molar-refractivity contribution >= 4 is 0 Å². The van der Waals surface area contributed by atoms with Crippen molar-refractivity contribution in [1.29, 1.82) is 0 Å². The molecule has 4 rings (SSSR count). The number of phenols is 4. The largest absolute Gasteiger partial charge is 0.508 e. The fourth-order valence-corrected chi connectivity index (χ4v) is 2.18. The standard InChI is InChI=1S/4C7H8O.Hf/c4*1-6-2-4-7(8)5-3-6;/h4*2-5,8H,1H3;. The first-order valence-electron chi connectivity index (χ1n) is 10.2. The Morgan fingerprint density at radius 2 is 0.424 bits per heavy atom. The van der Waals surface area contributed by atoms with Crippen molar-refractivity contribution in [2.45, 2.75) is 27.7 Å². The third-order valence-corrected chi connectivity index (χ3v) is 4.14. The molecule has 0 bridgehead atoms. The van der Waals surface area contributed by atoms with Gasteiger partial charge in [0.05, 0.1) is 0 Å². The molecular formula is C28H32HfO4. The second-order valence-electron chi connectivity index (χ2n) is 7.34. The van der Waals surface area contributed by atoms with Gasteiger partial charge in [-0.25, -0.2) is 0 Å². The van der Waals surface area contributed by atoms with E-state index in [0.29, 0.717) is 23.0 Å². The molecule has 4 aromatic carbocycles. The molecule has 5 heteroatoms. The minimum Gasteiger partial charge on any atom is -0.508 e. The molecule has 172 valence electrons. The molecule has 0 heterocycles. The van der Waals surface area contributed by atoms with Gasteiger partial charge in [-0.2, -0.15) is 0 Å². The van der Waals surface area contributed by atoms with Crippen LogP contribution in [0, 0.1) is 27.7 Å². The molecule has 0 aliphatic rings. The zero-order valence-corrected chi connectivity index (χ0v) is 23.1. The molecule has 0 saturated heterocycles. The summed E-state index contributed by atoms with van der Waals surface area (Å²) >= 11 is 0. The van der Waals surface area contributed by atoms with Crippen LogP contribution in [0.3, 0.4) is 0 Å². The van der Waals surface area contributed by atoms with Crippen LogP contribution >= 0.6 is 0 Å². The molecule has 0 saturated carbocycles. The quantitative estimate of drug-likeness (QED) is 0.165. The van der Waals surface area contributed by atoms with E-state index in [9.17, 15) is 0 Å². The predicted octanol–water partition coefficient (Wildman–Crippen LogP) is 6.80. The summed E-state index contributed by atoms with van der Waals surface area (Å²) in [7, 11) is 0. The molecule has 4 nitrogen and oxygen atoms in total. The van der Waals surface area contributed by atoms with Crippen molar-refractivity contribution in [2.24, 2.45) is 0 Å². The van der Waals surface area contributed by atoms with Crippen LogP contribution in [-0.2, 0) is 25.8 Å². The van der Waals surface area contributed by atoms with Crippen molar-refractivity contribution in [3.8, 4) is 23.0 Å². The Labute approximate surface area is 215 Å². The third kappa shape index (κ3) is 15.4. The van der Waals surface area contributed by atoms with Gasteiger partial charge < -0.3 is 20.4 Å². The molecule has 0 aliphatic heterocycles. The Hall–Kier alpha value is -3.05. The van der Waals surface area contributed by atoms with Crippen LogP contribution < -0.4 is 0 Å². The summed E-state index contributed by atoms with van der Waals surface area (Å²) in [6.07, 6.45) is 0. The second kappa shape index (κ2) is 16.6. The van der Waals surface area contributed by atoms with Gasteiger partial charge >= 0.3 is 0 Å². The van der Waals surface area contributed by atoms with E-state index in [-0.39, 0.29) is 25.8 Å². The molecular weight excluding hydrogens is 579 g/mol. The molecule has 0 unspecified atom stereocenters. The van der Waals surface area contributed by atoms with Crippen LogP contribution in [0.2, 0.25) is 0 Å². The molecule has 0 radical (unpaired) electrons. The van der Waals surface area contributed by atoms with Crippen LogP contribution in [0.5, 0.6) is 23.0 Å². The second-order valence-corrected chi connectivity index (χ2v) is 7.34. The summed E-state index contributed by atoms with van der Waals surface area (Å²) < 4.78 is 0. The van der Waals surface area contributed by atoms with Crippen LogP contribution in [0.15, 0.2) is 97.1 Å². The average Bonchev–Trinajstić information content (AvgIpc) is 2.78. The van der Waals surface area contributed by atoms with Gasteiger partial charge in [0.25, 0.3) is 0 Å². The SMILES string of the molecule is Cc1ccc(O)cc1.Cc1ccc(O)cc1.Cc1ccc(O)cc1.Cc1ccc(O)cc1.[Hf]. The summed E-state index contributed by atoms with van der Waals surface area (Å²) in [4.78, 5) is 0. The third-order valence-electron chi connectivity index (χ3n) is 4.14. The van der Waals surface area contributed by atoms with Gasteiger partial charge in [-0.3, -0.25) is 0 Å². The zero-order chi connectivity index (χ0) is 23.9. The number of rotatable bonds is 0. The van der Waals surface area contributed by atoms with E-state index in [1.807, 2.05) is 76.2 Å². The Balaban J connectivity index is 0.000000410. The first kappa shape index (κ1) is 30.0. The summed E-state index contributed by atoms with van der Waals surface area (Å²) in [5.74, 6) is 1.32. The van der Waals surface area contributed by atoms with Crippen molar-refractivity contribution in [2.75, 3.05) is 0 Å². The Kier molecular flexibility index (Phi) is 15.0. The van der Waals surface area contributed by atoms with Crippen LogP contribution in [0.1, 0.15) is 22.3 Å². The maximum Gasteiger partial charge on any atom is 0.115 e. The normalized spacial score (nSPS) is 8.85. The first-order chi connectivity index (χ1) is 15.2. The van der Waals surface area contributed by atoms with Gasteiger partial charge in [-0.05, 0) is 76.2 Å². The Morgan fingerprint density at radius 3 is 0.515 bits per heavy atom. The summed E-state index contributed by atoms with van der Waals surface area (Å²) in [6, 6.07) is 28.4. The van der Waals surface area contributed by atoms with Crippen LogP contribution in [-0.4, -0.2) is 20.4 Å². The van der Waals surface area contributed by atoms with Crippen LogP contribution in [0.4, 0.5) is 0 Å². The van der Waals surface area contributed by atoms with E-state index in [0.717, 1.165) is 0 Å². The summed E-state index contributed by atoms with van der Waals surface area (Å²) in [6.45, 7) is 7.94. The number of phenolic OH excluding ortho intramolecular Hbond substituents is 4. The van der Waals surface area contributed by atoms with Crippen molar-refractivity contribution < 1.29 is 46.3 Å². The number of aryl methyl sites for hydroxylation is 4. The Morgan fingerprint density at radius 1 is 0.303 bits per heavy atom. The predicted molar refractivity (Wildman–Crippen MR) is 131 cm³/mol. The van der Waals surface area contributed by atoms with E-state index in [1.54, 1.807) is 48.5 Å². The van der Waals surface area contributed by atoms with Gasteiger partial charge in [-0.1, -0.05) is 70.8 Å². The van der Waals surface area contributed by atoms with Gasteiger partial charge in [0, 0.05) is 25.8 Å². The molecule has 0 spiro atoms. The van der Waals surface area contributed by atoms with Crippen molar-refractivity contribution in [1.82, 2.24) is 0 Å². The maximum absolute atomic E-state index is 8.76. The zero-order valence-electron chi connectivity index (χ0n) is 19.5. The molecule has 0 aromatic heterocycles. The molecule has 4 aromatic rings. The molecule has 0 fully saturated rings. The Bertz CT molecular complexity index is 753. The fraction of sp³-hybridized carbons (Fsp3) is 0.143. The van der Waals surface area contributed by atoms with Crippen molar-refractivity contribution in [3.63, 3.8) is 0 Å². The first-order valence-corrected chi connectivity index (χ1v) is 10.2. The topological polar surface area (TPSA) is 80.9 Å². The summed E-state index contributed by atoms with van der Waals surface area (Å²) in [5.41, 5.74) is 4.68. The van der Waals surface area contributed by atoms with Gasteiger partial charge in [-0.15, -0.1) is 0 Å². The summed E-state index contributed by atoms with van der Waals surface area (Å²) in [5, 5.41) is 35.0. The molecule has 33 heavy (non-hydrogen) atoms. The number of benzene rings is 4. The minimum absolute atomic E-state index is 0. The van der Waals surface area contributed by atoms with E-state index < -0.39 is 0 Å². The van der Waals surface area contributed by atoms with Gasteiger partial charge in [0.2, 0.25) is 0 Å². The number of hydrogen-bond donors (Lipinski definition) is 4. The fourth-order valence-electron chi connectivity index (χ4n) is 2.18. The van der Waals surface area contributed by atoms with E-state index in [4.69, 9.17) is 20.4 Å². The number of aromatic hydroxyl groups is 4.